The molecule has 0 aliphatic rings. The standard InChI is InChI=1S/C19H20OS/c1-2-21-19(17-12-7-4-8-13-17)15-9-14-18(20)16-10-5-3-6-11-16/h3-14,19H,2,15H2,1H3/b14-9+/t19-/m1/s1. The minimum atomic E-state index is 0.0731. The average molecular weight is 296 g/mol. The SMILES string of the molecule is CCS[C@H](C/C=C/C(=O)c1ccccc1)c1ccccc1. The Bertz CT molecular complexity index is 575. The fourth-order valence-electron chi connectivity index (χ4n) is 2.17. The van der Waals surface area contributed by atoms with Crippen LogP contribution in [0.3, 0.4) is 0 Å². The Hall–Kier alpha value is -1.80. The van der Waals surface area contributed by atoms with Gasteiger partial charge >= 0.3 is 0 Å². The largest absolute Gasteiger partial charge is 0.289 e. The molecule has 1 nitrogen and oxygen atoms in total. The lowest BCUT2D eigenvalue weighted by Crippen LogP contribution is -1.96. The second-order valence-corrected chi connectivity index (χ2v) is 6.20. The second kappa shape index (κ2) is 8.48. The van der Waals surface area contributed by atoms with E-state index in [1.165, 1.54) is 5.56 Å². The number of rotatable bonds is 7. The Morgan fingerprint density at radius 2 is 1.67 bits per heavy atom. The molecule has 0 spiro atoms. The number of hydrogen-bond acceptors (Lipinski definition) is 2. The summed E-state index contributed by atoms with van der Waals surface area (Å²) >= 11 is 1.91. The summed E-state index contributed by atoms with van der Waals surface area (Å²) in [5, 5.41) is 0.413. The number of allylic oxidation sites excluding steroid dienone is 2. The average Bonchev–Trinajstić information content (AvgIpc) is 2.55. The van der Waals surface area contributed by atoms with Crippen LogP contribution in [0.5, 0.6) is 0 Å². The lowest BCUT2D eigenvalue weighted by molar-refractivity contribution is 0.104. The van der Waals surface area contributed by atoms with Gasteiger partial charge in [-0.25, -0.2) is 0 Å². The molecule has 0 aliphatic heterocycles. The van der Waals surface area contributed by atoms with Gasteiger partial charge in [-0.2, -0.15) is 11.8 Å². The van der Waals surface area contributed by atoms with Crippen LogP contribution in [0.1, 0.15) is 34.5 Å². The van der Waals surface area contributed by atoms with Gasteiger partial charge in [-0.3, -0.25) is 4.79 Å². The molecule has 21 heavy (non-hydrogen) atoms. The monoisotopic (exact) mass is 296 g/mol. The maximum absolute atomic E-state index is 12.0. The van der Waals surface area contributed by atoms with Crippen LogP contribution < -0.4 is 0 Å². The zero-order valence-corrected chi connectivity index (χ0v) is 13.1. The minimum Gasteiger partial charge on any atom is -0.289 e. The molecule has 0 heterocycles. The third-order valence-corrected chi connectivity index (χ3v) is 4.42. The van der Waals surface area contributed by atoms with Gasteiger partial charge in [0.15, 0.2) is 5.78 Å². The van der Waals surface area contributed by atoms with E-state index < -0.39 is 0 Å². The summed E-state index contributed by atoms with van der Waals surface area (Å²) in [6.07, 6.45) is 4.57. The van der Waals surface area contributed by atoms with E-state index in [-0.39, 0.29) is 5.78 Å². The van der Waals surface area contributed by atoms with Gasteiger partial charge < -0.3 is 0 Å². The van der Waals surface area contributed by atoms with Crippen LogP contribution >= 0.6 is 11.8 Å². The van der Waals surface area contributed by atoms with E-state index in [1.807, 2.05) is 54.2 Å². The van der Waals surface area contributed by atoms with E-state index in [2.05, 4.69) is 31.2 Å². The van der Waals surface area contributed by atoms with Crippen molar-refractivity contribution in [2.75, 3.05) is 5.75 Å². The first-order valence-electron chi connectivity index (χ1n) is 7.23. The van der Waals surface area contributed by atoms with Crippen molar-refractivity contribution >= 4 is 17.5 Å². The fourth-order valence-corrected chi connectivity index (χ4v) is 3.17. The Balaban J connectivity index is 1.99. The molecule has 0 bridgehead atoms. The van der Waals surface area contributed by atoms with E-state index in [1.54, 1.807) is 6.08 Å². The number of thioether (sulfide) groups is 1. The van der Waals surface area contributed by atoms with Gasteiger partial charge in [-0.15, -0.1) is 0 Å². The van der Waals surface area contributed by atoms with Crippen LogP contribution in [0.25, 0.3) is 0 Å². The van der Waals surface area contributed by atoms with Crippen molar-refractivity contribution in [2.24, 2.45) is 0 Å². The van der Waals surface area contributed by atoms with Crippen LogP contribution in [0.15, 0.2) is 72.8 Å². The van der Waals surface area contributed by atoms with E-state index >= 15 is 0 Å². The zero-order chi connectivity index (χ0) is 14.9. The van der Waals surface area contributed by atoms with Crippen LogP contribution in [0, 0.1) is 0 Å². The first kappa shape index (κ1) is 15.6. The summed E-state index contributed by atoms with van der Waals surface area (Å²) in [4.78, 5) is 12.0. The highest BCUT2D eigenvalue weighted by atomic mass is 32.2. The van der Waals surface area contributed by atoms with Crippen LogP contribution in [0.4, 0.5) is 0 Å². The molecule has 2 rings (SSSR count). The van der Waals surface area contributed by atoms with E-state index in [0.717, 1.165) is 17.7 Å². The molecule has 1 atom stereocenters. The van der Waals surface area contributed by atoms with Gasteiger partial charge in [0.25, 0.3) is 0 Å². The maximum atomic E-state index is 12.0. The van der Waals surface area contributed by atoms with Gasteiger partial charge in [0.1, 0.15) is 0 Å². The van der Waals surface area contributed by atoms with Gasteiger partial charge in [0.05, 0.1) is 0 Å². The summed E-state index contributed by atoms with van der Waals surface area (Å²) in [6.45, 7) is 2.17. The molecule has 0 fully saturated rings. The van der Waals surface area contributed by atoms with Gasteiger partial charge in [0, 0.05) is 10.8 Å². The Morgan fingerprint density at radius 3 is 2.29 bits per heavy atom. The van der Waals surface area contributed by atoms with E-state index in [4.69, 9.17) is 0 Å². The van der Waals surface area contributed by atoms with Crippen molar-refractivity contribution in [3.8, 4) is 0 Å². The van der Waals surface area contributed by atoms with E-state index in [9.17, 15) is 4.79 Å². The number of benzene rings is 2. The fraction of sp³-hybridized carbons (Fsp3) is 0.211. The Kier molecular flexibility index (Phi) is 6.29. The van der Waals surface area contributed by atoms with Crippen LogP contribution in [-0.4, -0.2) is 11.5 Å². The smallest absolute Gasteiger partial charge is 0.185 e. The molecule has 108 valence electrons. The summed E-state index contributed by atoms with van der Waals surface area (Å²) in [6, 6.07) is 19.9. The molecule has 2 heteroatoms. The van der Waals surface area contributed by atoms with Crippen molar-refractivity contribution in [1.29, 1.82) is 0 Å². The second-order valence-electron chi connectivity index (χ2n) is 4.72. The van der Waals surface area contributed by atoms with Crippen molar-refractivity contribution in [3.05, 3.63) is 83.9 Å². The third-order valence-electron chi connectivity index (χ3n) is 3.22. The minimum absolute atomic E-state index is 0.0731. The number of carbonyl (C=O) groups is 1. The van der Waals surface area contributed by atoms with Crippen LogP contribution in [0.2, 0.25) is 0 Å². The number of carbonyl (C=O) groups excluding carboxylic acids is 1. The molecule has 2 aromatic rings. The first-order valence-corrected chi connectivity index (χ1v) is 8.28. The Labute approximate surface area is 131 Å². The molecule has 0 radical (unpaired) electrons. The zero-order valence-electron chi connectivity index (χ0n) is 12.2. The third kappa shape index (κ3) is 4.91. The summed E-state index contributed by atoms with van der Waals surface area (Å²) < 4.78 is 0. The highest BCUT2D eigenvalue weighted by Crippen LogP contribution is 2.32. The molecular weight excluding hydrogens is 276 g/mol. The predicted molar refractivity (Wildman–Crippen MR) is 91.8 cm³/mol. The summed E-state index contributed by atoms with van der Waals surface area (Å²) in [5.41, 5.74) is 2.06. The highest BCUT2D eigenvalue weighted by molar-refractivity contribution is 7.99. The summed E-state index contributed by atoms with van der Waals surface area (Å²) in [7, 11) is 0. The molecule has 2 aromatic carbocycles. The van der Waals surface area contributed by atoms with E-state index in [0.29, 0.717) is 5.25 Å². The predicted octanol–water partition coefficient (Wildman–Crippen LogP) is 5.31. The quantitative estimate of drug-likeness (QED) is 0.509. The normalized spacial score (nSPS) is 12.4. The van der Waals surface area contributed by atoms with Crippen molar-refractivity contribution in [1.82, 2.24) is 0 Å². The van der Waals surface area contributed by atoms with Crippen molar-refractivity contribution in [3.63, 3.8) is 0 Å². The molecule has 0 aliphatic carbocycles. The lowest BCUT2D eigenvalue weighted by atomic mass is 10.1. The molecular formula is C19H20OS. The number of hydrogen-bond donors (Lipinski definition) is 0. The van der Waals surface area contributed by atoms with Gasteiger partial charge in [-0.1, -0.05) is 73.7 Å². The van der Waals surface area contributed by atoms with Gasteiger partial charge in [0.2, 0.25) is 0 Å². The summed E-state index contributed by atoms with van der Waals surface area (Å²) in [5.74, 6) is 1.14. The molecule has 0 aromatic heterocycles. The first-order chi connectivity index (χ1) is 10.3. The topological polar surface area (TPSA) is 17.1 Å². The molecule has 0 saturated carbocycles. The molecule has 0 N–H and O–H groups in total. The molecule has 0 amide bonds. The highest BCUT2D eigenvalue weighted by Gasteiger charge is 2.09. The van der Waals surface area contributed by atoms with Gasteiger partial charge in [-0.05, 0) is 23.8 Å². The van der Waals surface area contributed by atoms with Crippen LogP contribution in [-0.2, 0) is 0 Å². The molecule has 0 unspecified atom stereocenters. The maximum Gasteiger partial charge on any atom is 0.185 e. The van der Waals surface area contributed by atoms with Crippen molar-refractivity contribution in [2.45, 2.75) is 18.6 Å². The lowest BCUT2D eigenvalue weighted by Gasteiger charge is -2.13. The number of ketones is 1. The Morgan fingerprint density at radius 1 is 1.05 bits per heavy atom. The molecule has 0 saturated heterocycles. The van der Waals surface area contributed by atoms with Crippen molar-refractivity contribution < 1.29 is 4.79 Å².